The van der Waals surface area contributed by atoms with E-state index in [9.17, 15) is 14.4 Å². The number of hydrogen-bond donors (Lipinski definition) is 0. The van der Waals surface area contributed by atoms with Crippen LogP contribution < -0.4 is 4.74 Å². The van der Waals surface area contributed by atoms with Crippen LogP contribution in [0.25, 0.3) is 5.57 Å². The van der Waals surface area contributed by atoms with Crippen LogP contribution in [0, 0.1) is 0 Å². The van der Waals surface area contributed by atoms with Gasteiger partial charge in [-0.15, -0.1) is 0 Å². The number of amides is 3. The molecule has 4 rings (SSSR count). The Kier molecular flexibility index (Phi) is 5.65. The first-order valence-corrected chi connectivity index (χ1v) is 10.1. The Morgan fingerprint density at radius 1 is 0.933 bits per heavy atom. The van der Waals surface area contributed by atoms with Crippen LogP contribution in [-0.4, -0.2) is 47.7 Å². The van der Waals surface area contributed by atoms with Crippen molar-refractivity contribution < 1.29 is 19.1 Å². The Morgan fingerprint density at radius 3 is 2.17 bits per heavy atom. The summed E-state index contributed by atoms with van der Waals surface area (Å²) in [6.45, 7) is 1.50. The number of likely N-dealkylation sites (tertiary alicyclic amines) is 1. The molecular formula is C24H24N2O4. The number of methoxy groups -OCH3 is 1. The molecule has 6 nitrogen and oxygen atoms in total. The van der Waals surface area contributed by atoms with E-state index >= 15 is 0 Å². The smallest absolute Gasteiger partial charge is 0.254 e. The first-order chi connectivity index (χ1) is 14.5. The highest BCUT2D eigenvalue weighted by Gasteiger charge is 2.28. The van der Waals surface area contributed by atoms with E-state index in [2.05, 4.69) is 6.08 Å². The summed E-state index contributed by atoms with van der Waals surface area (Å²) < 4.78 is 5.20. The van der Waals surface area contributed by atoms with E-state index in [0.717, 1.165) is 23.3 Å². The normalized spacial score (nSPS) is 16.6. The van der Waals surface area contributed by atoms with E-state index in [1.54, 1.807) is 19.2 Å². The Balaban J connectivity index is 1.38. The minimum Gasteiger partial charge on any atom is -0.497 e. The second kappa shape index (κ2) is 8.53. The average molecular weight is 404 g/mol. The molecule has 0 spiro atoms. The zero-order valence-corrected chi connectivity index (χ0v) is 17.0. The molecule has 2 aliphatic rings. The van der Waals surface area contributed by atoms with Crippen molar-refractivity contribution >= 4 is 23.3 Å². The molecule has 1 saturated heterocycles. The molecule has 2 heterocycles. The maximum absolute atomic E-state index is 12.8. The number of benzene rings is 2. The average Bonchev–Trinajstić information content (AvgIpc) is 3.11. The maximum Gasteiger partial charge on any atom is 0.254 e. The van der Waals surface area contributed by atoms with Crippen LogP contribution >= 0.6 is 0 Å². The number of imide groups is 1. The molecule has 2 aromatic carbocycles. The van der Waals surface area contributed by atoms with Gasteiger partial charge in [-0.05, 0) is 47.4 Å². The van der Waals surface area contributed by atoms with Gasteiger partial charge < -0.3 is 9.64 Å². The standard InChI is InChI=1S/C24H24N2O4/c1-30-21-8-6-18(7-9-21)19-12-14-25(15-13-19)24(29)20-4-2-17(3-5-20)16-26-22(27)10-11-23(26)28/h2-9,12H,10-11,13-16H2,1H3. The van der Waals surface area contributed by atoms with E-state index in [0.29, 0.717) is 18.7 Å². The van der Waals surface area contributed by atoms with Crippen LogP contribution in [0.2, 0.25) is 0 Å². The summed E-state index contributed by atoms with van der Waals surface area (Å²) in [6, 6.07) is 15.1. The molecule has 0 radical (unpaired) electrons. The largest absolute Gasteiger partial charge is 0.497 e. The van der Waals surface area contributed by atoms with Crippen molar-refractivity contribution in [2.45, 2.75) is 25.8 Å². The molecule has 2 aromatic rings. The molecule has 0 saturated carbocycles. The fourth-order valence-electron chi connectivity index (χ4n) is 3.84. The van der Waals surface area contributed by atoms with Crippen LogP contribution in [-0.2, 0) is 16.1 Å². The first kappa shape index (κ1) is 19.9. The van der Waals surface area contributed by atoms with E-state index < -0.39 is 0 Å². The van der Waals surface area contributed by atoms with Gasteiger partial charge in [0, 0.05) is 31.5 Å². The molecule has 0 aliphatic carbocycles. The van der Waals surface area contributed by atoms with Gasteiger partial charge in [0.2, 0.25) is 11.8 Å². The van der Waals surface area contributed by atoms with Gasteiger partial charge in [0.05, 0.1) is 13.7 Å². The molecule has 0 atom stereocenters. The molecule has 154 valence electrons. The van der Waals surface area contributed by atoms with Gasteiger partial charge in [-0.2, -0.15) is 0 Å². The molecular weight excluding hydrogens is 380 g/mol. The number of nitrogens with zero attached hydrogens (tertiary/aromatic N) is 2. The van der Waals surface area contributed by atoms with Crippen LogP contribution in [0.15, 0.2) is 54.6 Å². The van der Waals surface area contributed by atoms with Gasteiger partial charge in [-0.25, -0.2) is 0 Å². The number of carbonyl (C=O) groups excluding carboxylic acids is 3. The third kappa shape index (κ3) is 4.13. The van der Waals surface area contributed by atoms with Crippen molar-refractivity contribution in [2.75, 3.05) is 20.2 Å². The molecule has 0 aromatic heterocycles. The highest BCUT2D eigenvalue weighted by Crippen LogP contribution is 2.25. The Hall–Kier alpha value is -3.41. The lowest BCUT2D eigenvalue weighted by Gasteiger charge is -2.27. The van der Waals surface area contributed by atoms with Gasteiger partial charge >= 0.3 is 0 Å². The molecule has 6 heteroatoms. The van der Waals surface area contributed by atoms with Crippen molar-refractivity contribution in [3.63, 3.8) is 0 Å². The summed E-state index contributed by atoms with van der Waals surface area (Å²) in [5.41, 5.74) is 3.84. The van der Waals surface area contributed by atoms with Crippen molar-refractivity contribution in [3.05, 3.63) is 71.3 Å². The number of carbonyl (C=O) groups is 3. The quantitative estimate of drug-likeness (QED) is 0.718. The van der Waals surface area contributed by atoms with Crippen molar-refractivity contribution in [3.8, 4) is 5.75 Å². The van der Waals surface area contributed by atoms with E-state index in [1.807, 2.05) is 41.3 Å². The molecule has 0 unspecified atom stereocenters. The highest BCUT2D eigenvalue weighted by atomic mass is 16.5. The molecule has 3 amide bonds. The predicted octanol–water partition coefficient (Wildman–Crippen LogP) is 3.27. The van der Waals surface area contributed by atoms with Gasteiger partial charge in [0.25, 0.3) is 5.91 Å². The lowest BCUT2D eigenvalue weighted by molar-refractivity contribution is -0.139. The summed E-state index contributed by atoms with van der Waals surface area (Å²) in [5, 5.41) is 0. The minimum absolute atomic E-state index is 0.0140. The van der Waals surface area contributed by atoms with E-state index in [4.69, 9.17) is 4.74 Å². The highest BCUT2D eigenvalue weighted by molar-refractivity contribution is 6.01. The summed E-state index contributed by atoms with van der Waals surface area (Å²) in [4.78, 5) is 39.5. The van der Waals surface area contributed by atoms with Crippen LogP contribution in [0.4, 0.5) is 0 Å². The number of hydrogen-bond acceptors (Lipinski definition) is 4. The Bertz CT molecular complexity index is 977. The van der Waals surface area contributed by atoms with Gasteiger partial charge in [0.15, 0.2) is 0 Å². The van der Waals surface area contributed by atoms with Crippen molar-refractivity contribution in [1.82, 2.24) is 9.80 Å². The lowest BCUT2D eigenvalue weighted by atomic mass is 9.99. The topological polar surface area (TPSA) is 66.9 Å². The monoisotopic (exact) mass is 404 g/mol. The second-order valence-corrected chi connectivity index (χ2v) is 7.53. The van der Waals surface area contributed by atoms with Gasteiger partial charge in [0.1, 0.15) is 5.75 Å². The third-order valence-corrected chi connectivity index (χ3v) is 5.65. The Morgan fingerprint density at radius 2 is 1.60 bits per heavy atom. The van der Waals surface area contributed by atoms with E-state index in [1.165, 1.54) is 10.5 Å². The van der Waals surface area contributed by atoms with Gasteiger partial charge in [-0.3, -0.25) is 19.3 Å². The van der Waals surface area contributed by atoms with Gasteiger partial charge in [-0.1, -0.05) is 30.3 Å². The van der Waals surface area contributed by atoms with Crippen LogP contribution in [0.1, 0.15) is 40.7 Å². The molecule has 1 fully saturated rings. The lowest BCUT2D eigenvalue weighted by Crippen LogP contribution is -2.34. The summed E-state index contributed by atoms with van der Waals surface area (Å²) in [7, 11) is 1.65. The zero-order chi connectivity index (χ0) is 21.1. The predicted molar refractivity (Wildman–Crippen MR) is 113 cm³/mol. The van der Waals surface area contributed by atoms with Crippen molar-refractivity contribution in [1.29, 1.82) is 0 Å². The number of ether oxygens (including phenoxy) is 1. The summed E-state index contributed by atoms with van der Waals surface area (Å²) in [5.74, 6) is 0.551. The van der Waals surface area contributed by atoms with E-state index in [-0.39, 0.29) is 37.1 Å². The van der Waals surface area contributed by atoms with Crippen LogP contribution in [0.5, 0.6) is 5.75 Å². The second-order valence-electron chi connectivity index (χ2n) is 7.53. The van der Waals surface area contributed by atoms with Crippen LogP contribution in [0.3, 0.4) is 0 Å². The summed E-state index contributed by atoms with van der Waals surface area (Å²) >= 11 is 0. The first-order valence-electron chi connectivity index (χ1n) is 10.1. The summed E-state index contributed by atoms with van der Waals surface area (Å²) in [6.07, 6.45) is 3.48. The third-order valence-electron chi connectivity index (χ3n) is 5.65. The molecule has 30 heavy (non-hydrogen) atoms. The molecule has 0 bridgehead atoms. The fraction of sp³-hybridized carbons (Fsp3) is 0.292. The molecule has 2 aliphatic heterocycles. The number of rotatable bonds is 5. The maximum atomic E-state index is 12.8. The minimum atomic E-state index is -0.132. The fourth-order valence-corrected chi connectivity index (χ4v) is 3.84. The zero-order valence-electron chi connectivity index (χ0n) is 17.0. The molecule has 0 N–H and O–H groups in total. The Labute approximate surface area is 175 Å². The SMILES string of the molecule is COc1ccc(C2=CCN(C(=O)c3ccc(CN4C(=O)CCC4=O)cc3)CC2)cc1. The van der Waals surface area contributed by atoms with Crippen molar-refractivity contribution in [2.24, 2.45) is 0 Å².